The SMILES string of the molecule is CCCCNc1cc(-c2ccncc2)sc1C(=O)O. The lowest BCUT2D eigenvalue weighted by Gasteiger charge is -2.03. The molecule has 0 aliphatic heterocycles. The number of carbonyl (C=O) groups is 1. The molecule has 19 heavy (non-hydrogen) atoms. The first-order valence-corrected chi connectivity index (χ1v) is 7.05. The van der Waals surface area contributed by atoms with Gasteiger partial charge in [0.05, 0.1) is 5.69 Å². The summed E-state index contributed by atoms with van der Waals surface area (Å²) in [5, 5.41) is 12.4. The second-order valence-electron chi connectivity index (χ2n) is 4.17. The van der Waals surface area contributed by atoms with E-state index in [1.54, 1.807) is 12.4 Å². The van der Waals surface area contributed by atoms with Crippen molar-refractivity contribution in [2.24, 2.45) is 0 Å². The number of pyridine rings is 1. The molecule has 0 aliphatic carbocycles. The van der Waals surface area contributed by atoms with Crippen molar-refractivity contribution in [3.63, 3.8) is 0 Å². The van der Waals surface area contributed by atoms with Gasteiger partial charge in [-0.05, 0) is 30.2 Å². The van der Waals surface area contributed by atoms with Gasteiger partial charge in [0, 0.05) is 23.8 Å². The Hall–Kier alpha value is -1.88. The molecule has 2 heterocycles. The van der Waals surface area contributed by atoms with Crippen molar-refractivity contribution in [2.45, 2.75) is 19.8 Å². The Kier molecular flexibility index (Phi) is 4.52. The van der Waals surface area contributed by atoms with Crippen LogP contribution in [0.2, 0.25) is 0 Å². The summed E-state index contributed by atoms with van der Waals surface area (Å²) in [6.07, 6.45) is 5.52. The standard InChI is InChI=1S/C14H16N2O2S/c1-2-3-6-16-11-9-12(19-13(11)14(17)18)10-4-7-15-8-5-10/h4-5,7-9,16H,2-3,6H2,1H3,(H,17,18). The summed E-state index contributed by atoms with van der Waals surface area (Å²) in [4.78, 5) is 16.5. The summed E-state index contributed by atoms with van der Waals surface area (Å²) in [7, 11) is 0. The Labute approximate surface area is 116 Å². The van der Waals surface area contributed by atoms with E-state index in [-0.39, 0.29) is 0 Å². The summed E-state index contributed by atoms with van der Waals surface area (Å²) in [6.45, 7) is 2.90. The molecule has 0 saturated heterocycles. The van der Waals surface area contributed by atoms with Crippen LogP contribution in [0.4, 0.5) is 5.69 Å². The highest BCUT2D eigenvalue weighted by atomic mass is 32.1. The largest absolute Gasteiger partial charge is 0.477 e. The third-order valence-electron chi connectivity index (χ3n) is 2.74. The second-order valence-corrected chi connectivity index (χ2v) is 5.23. The average molecular weight is 276 g/mol. The lowest BCUT2D eigenvalue weighted by atomic mass is 10.2. The van der Waals surface area contributed by atoms with E-state index in [0.717, 1.165) is 29.8 Å². The monoisotopic (exact) mass is 276 g/mol. The molecule has 0 saturated carbocycles. The molecule has 2 aromatic heterocycles. The van der Waals surface area contributed by atoms with Gasteiger partial charge >= 0.3 is 5.97 Å². The number of aromatic carboxylic acids is 1. The fourth-order valence-electron chi connectivity index (χ4n) is 1.74. The third-order valence-corrected chi connectivity index (χ3v) is 3.91. The molecule has 0 fully saturated rings. The highest BCUT2D eigenvalue weighted by Crippen LogP contribution is 2.34. The number of unbranched alkanes of at least 4 members (excludes halogenated alkanes) is 1. The number of hydrogen-bond donors (Lipinski definition) is 2. The molecule has 2 aromatic rings. The molecule has 0 aromatic carbocycles. The first-order valence-electron chi connectivity index (χ1n) is 6.23. The molecule has 2 N–H and O–H groups in total. The Bertz CT molecular complexity index is 552. The van der Waals surface area contributed by atoms with Crippen molar-refractivity contribution in [3.8, 4) is 10.4 Å². The van der Waals surface area contributed by atoms with Crippen LogP contribution in [0.15, 0.2) is 30.6 Å². The number of thiophene rings is 1. The fraction of sp³-hybridized carbons (Fsp3) is 0.286. The van der Waals surface area contributed by atoms with Crippen molar-refractivity contribution in [1.29, 1.82) is 0 Å². The number of nitrogens with zero attached hydrogens (tertiary/aromatic N) is 1. The highest BCUT2D eigenvalue weighted by Gasteiger charge is 2.15. The first kappa shape index (κ1) is 13.5. The fourth-order valence-corrected chi connectivity index (χ4v) is 2.72. The summed E-state index contributed by atoms with van der Waals surface area (Å²) in [6, 6.07) is 5.67. The molecule has 0 amide bonds. The van der Waals surface area contributed by atoms with Crippen LogP contribution >= 0.6 is 11.3 Å². The molecule has 0 aliphatic rings. The van der Waals surface area contributed by atoms with Crippen LogP contribution in [0.1, 0.15) is 29.4 Å². The summed E-state index contributed by atoms with van der Waals surface area (Å²) in [5.74, 6) is -0.885. The average Bonchev–Trinajstić information content (AvgIpc) is 2.84. The number of carboxylic acids is 1. The van der Waals surface area contributed by atoms with Gasteiger partial charge in [0.2, 0.25) is 0 Å². The molecule has 0 bridgehead atoms. The predicted molar refractivity (Wildman–Crippen MR) is 77.9 cm³/mol. The number of anilines is 1. The van der Waals surface area contributed by atoms with Gasteiger partial charge in [0.1, 0.15) is 4.88 Å². The maximum absolute atomic E-state index is 11.3. The van der Waals surface area contributed by atoms with Gasteiger partial charge in [0.25, 0.3) is 0 Å². The Balaban J connectivity index is 2.27. The molecule has 0 radical (unpaired) electrons. The number of carboxylic acid groups (broad SMARTS) is 1. The maximum atomic E-state index is 11.3. The zero-order valence-corrected chi connectivity index (χ0v) is 11.5. The summed E-state index contributed by atoms with van der Waals surface area (Å²) >= 11 is 1.29. The smallest absolute Gasteiger partial charge is 0.348 e. The summed E-state index contributed by atoms with van der Waals surface area (Å²) in [5.41, 5.74) is 1.70. The van der Waals surface area contributed by atoms with E-state index in [0.29, 0.717) is 10.6 Å². The zero-order valence-electron chi connectivity index (χ0n) is 10.7. The summed E-state index contributed by atoms with van der Waals surface area (Å²) < 4.78 is 0. The maximum Gasteiger partial charge on any atom is 0.348 e. The molecule has 5 heteroatoms. The van der Waals surface area contributed by atoms with E-state index in [4.69, 9.17) is 0 Å². The van der Waals surface area contributed by atoms with Crippen molar-refractivity contribution in [3.05, 3.63) is 35.5 Å². The van der Waals surface area contributed by atoms with Crippen LogP contribution in [0.25, 0.3) is 10.4 Å². The number of nitrogens with one attached hydrogen (secondary N) is 1. The minimum Gasteiger partial charge on any atom is -0.477 e. The highest BCUT2D eigenvalue weighted by molar-refractivity contribution is 7.18. The van der Waals surface area contributed by atoms with Gasteiger partial charge in [-0.2, -0.15) is 0 Å². The molecule has 0 unspecified atom stereocenters. The number of rotatable bonds is 6. The molecular formula is C14H16N2O2S. The molecule has 0 atom stereocenters. The van der Waals surface area contributed by atoms with E-state index in [9.17, 15) is 9.90 Å². The predicted octanol–water partition coefficient (Wildman–Crippen LogP) is 3.72. The van der Waals surface area contributed by atoms with Gasteiger partial charge in [-0.15, -0.1) is 11.3 Å². The minimum absolute atomic E-state index is 0.364. The van der Waals surface area contributed by atoms with Crippen LogP contribution in [0, 0.1) is 0 Å². The molecular weight excluding hydrogens is 260 g/mol. The van der Waals surface area contributed by atoms with E-state index in [1.165, 1.54) is 11.3 Å². The van der Waals surface area contributed by atoms with Crippen molar-refractivity contribution in [1.82, 2.24) is 4.98 Å². The first-order chi connectivity index (χ1) is 9.22. The Morgan fingerprint density at radius 1 is 1.42 bits per heavy atom. The topological polar surface area (TPSA) is 62.2 Å². The second kappa shape index (κ2) is 6.33. The zero-order chi connectivity index (χ0) is 13.7. The van der Waals surface area contributed by atoms with E-state index >= 15 is 0 Å². The van der Waals surface area contributed by atoms with Crippen molar-refractivity contribution < 1.29 is 9.90 Å². The van der Waals surface area contributed by atoms with Crippen LogP contribution in [-0.2, 0) is 0 Å². The number of hydrogen-bond acceptors (Lipinski definition) is 4. The lowest BCUT2D eigenvalue weighted by molar-refractivity contribution is 0.0703. The van der Waals surface area contributed by atoms with Gasteiger partial charge < -0.3 is 10.4 Å². The third kappa shape index (κ3) is 3.32. The Morgan fingerprint density at radius 3 is 2.79 bits per heavy atom. The van der Waals surface area contributed by atoms with E-state index in [1.807, 2.05) is 18.2 Å². The van der Waals surface area contributed by atoms with Crippen LogP contribution in [0.5, 0.6) is 0 Å². The van der Waals surface area contributed by atoms with Gasteiger partial charge in [-0.25, -0.2) is 4.79 Å². The minimum atomic E-state index is -0.885. The van der Waals surface area contributed by atoms with Crippen LogP contribution < -0.4 is 5.32 Å². The van der Waals surface area contributed by atoms with Crippen molar-refractivity contribution >= 4 is 23.0 Å². The van der Waals surface area contributed by atoms with Gasteiger partial charge in [-0.3, -0.25) is 4.98 Å². The molecule has 100 valence electrons. The quantitative estimate of drug-likeness (QED) is 0.789. The van der Waals surface area contributed by atoms with Gasteiger partial charge in [-0.1, -0.05) is 13.3 Å². The van der Waals surface area contributed by atoms with Crippen LogP contribution in [-0.4, -0.2) is 22.6 Å². The normalized spacial score (nSPS) is 10.4. The Morgan fingerprint density at radius 2 is 2.16 bits per heavy atom. The lowest BCUT2D eigenvalue weighted by Crippen LogP contribution is -2.04. The van der Waals surface area contributed by atoms with E-state index < -0.39 is 5.97 Å². The van der Waals surface area contributed by atoms with Crippen molar-refractivity contribution in [2.75, 3.05) is 11.9 Å². The van der Waals surface area contributed by atoms with Crippen LogP contribution in [0.3, 0.4) is 0 Å². The van der Waals surface area contributed by atoms with Gasteiger partial charge in [0.15, 0.2) is 0 Å². The van der Waals surface area contributed by atoms with E-state index in [2.05, 4.69) is 17.2 Å². The number of aromatic nitrogens is 1. The molecule has 2 rings (SSSR count). The molecule has 0 spiro atoms. The molecule has 4 nitrogen and oxygen atoms in total.